The number of hydrogen-bond donors (Lipinski definition) is 1. The van der Waals surface area contributed by atoms with E-state index in [-0.39, 0.29) is 12.4 Å². The molecular formula is C14H24ClN. The van der Waals surface area contributed by atoms with Crippen LogP contribution in [0.4, 0.5) is 0 Å². The van der Waals surface area contributed by atoms with E-state index in [0.29, 0.717) is 0 Å². The van der Waals surface area contributed by atoms with E-state index in [1.807, 2.05) is 0 Å². The van der Waals surface area contributed by atoms with Gasteiger partial charge in [-0.1, -0.05) is 50.5 Å². The number of rotatable bonds is 7. The predicted octanol–water partition coefficient (Wildman–Crippen LogP) is 3.73. The molecule has 1 aromatic rings. The van der Waals surface area contributed by atoms with E-state index >= 15 is 0 Å². The SMILES string of the molecule is CCCCCCc1ccc(CCN)cc1.Cl. The summed E-state index contributed by atoms with van der Waals surface area (Å²) in [5.74, 6) is 0. The van der Waals surface area contributed by atoms with Crippen LogP contribution in [0.5, 0.6) is 0 Å². The van der Waals surface area contributed by atoms with Crippen LogP contribution in [0.1, 0.15) is 43.7 Å². The minimum absolute atomic E-state index is 0. The van der Waals surface area contributed by atoms with Crippen molar-refractivity contribution in [2.75, 3.05) is 6.54 Å². The maximum atomic E-state index is 5.51. The molecular weight excluding hydrogens is 218 g/mol. The Morgan fingerprint density at radius 2 is 1.44 bits per heavy atom. The Morgan fingerprint density at radius 1 is 0.875 bits per heavy atom. The van der Waals surface area contributed by atoms with Crippen LogP contribution in [0.3, 0.4) is 0 Å². The van der Waals surface area contributed by atoms with E-state index in [4.69, 9.17) is 5.73 Å². The van der Waals surface area contributed by atoms with Crippen LogP contribution in [0.25, 0.3) is 0 Å². The quantitative estimate of drug-likeness (QED) is 0.724. The second-order valence-corrected chi connectivity index (χ2v) is 4.17. The second kappa shape index (κ2) is 9.68. The van der Waals surface area contributed by atoms with Gasteiger partial charge in [0.1, 0.15) is 0 Å². The van der Waals surface area contributed by atoms with Gasteiger partial charge in [-0.25, -0.2) is 0 Å². The molecule has 0 radical (unpaired) electrons. The van der Waals surface area contributed by atoms with Crippen LogP contribution in [0.15, 0.2) is 24.3 Å². The molecule has 0 aliphatic carbocycles. The van der Waals surface area contributed by atoms with Crippen LogP contribution in [0, 0.1) is 0 Å². The molecule has 0 atom stereocenters. The fourth-order valence-corrected chi connectivity index (χ4v) is 1.80. The van der Waals surface area contributed by atoms with Gasteiger partial charge in [-0.15, -0.1) is 12.4 Å². The van der Waals surface area contributed by atoms with E-state index in [9.17, 15) is 0 Å². The van der Waals surface area contributed by atoms with Crippen LogP contribution in [-0.4, -0.2) is 6.54 Å². The molecule has 0 aliphatic heterocycles. The molecule has 0 saturated carbocycles. The van der Waals surface area contributed by atoms with Gasteiger partial charge in [-0.05, 0) is 36.9 Å². The normalized spacial score (nSPS) is 9.88. The molecule has 0 spiro atoms. The summed E-state index contributed by atoms with van der Waals surface area (Å²) in [6, 6.07) is 8.91. The number of nitrogens with two attached hydrogens (primary N) is 1. The molecule has 0 bridgehead atoms. The lowest BCUT2D eigenvalue weighted by Crippen LogP contribution is -2.02. The van der Waals surface area contributed by atoms with Crippen molar-refractivity contribution >= 4 is 12.4 Å². The first-order valence-electron chi connectivity index (χ1n) is 6.14. The molecule has 0 unspecified atom stereocenters. The molecule has 0 heterocycles. The molecule has 16 heavy (non-hydrogen) atoms. The van der Waals surface area contributed by atoms with Crippen molar-refractivity contribution < 1.29 is 0 Å². The van der Waals surface area contributed by atoms with Gasteiger partial charge in [-0.3, -0.25) is 0 Å². The summed E-state index contributed by atoms with van der Waals surface area (Å²) in [5, 5.41) is 0. The molecule has 0 saturated heterocycles. The Morgan fingerprint density at radius 3 is 1.94 bits per heavy atom. The zero-order chi connectivity index (χ0) is 10.9. The Kier molecular flexibility index (Phi) is 9.36. The molecule has 0 aromatic heterocycles. The molecule has 2 heteroatoms. The average Bonchev–Trinajstić information content (AvgIpc) is 2.27. The summed E-state index contributed by atoms with van der Waals surface area (Å²) in [7, 11) is 0. The highest BCUT2D eigenvalue weighted by Gasteiger charge is 1.94. The summed E-state index contributed by atoms with van der Waals surface area (Å²) in [6.07, 6.45) is 7.59. The number of hydrogen-bond acceptors (Lipinski definition) is 1. The minimum Gasteiger partial charge on any atom is -0.330 e. The Bertz CT molecular complexity index is 256. The van der Waals surface area contributed by atoms with Crippen LogP contribution in [-0.2, 0) is 12.8 Å². The van der Waals surface area contributed by atoms with Crippen molar-refractivity contribution in [3.63, 3.8) is 0 Å². The summed E-state index contributed by atoms with van der Waals surface area (Å²) in [4.78, 5) is 0. The lowest BCUT2D eigenvalue weighted by molar-refractivity contribution is 0.667. The first-order chi connectivity index (χ1) is 7.36. The van der Waals surface area contributed by atoms with Crippen LogP contribution < -0.4 is 5.73 Å². The summed E-state index contributed by atoms with van der Waals surface area (Å²) >= 11 is 0. The van der Waals surface area contributed by atoms with Crippen LogP contribution in [0.2, 0.25) is 0 Å². The molecule has 1 nitrogen and oxygen atoms in total. The third-order valence-electron chi connectivity index (χ3n) is 2.77. The van der Waals surface area contributed by atoms with Gasteiger partial charge in [0.15, 0.2) is 0 Å². The molecule has 2 N–H and O–H groups in total. The number of unbranched alkanes of at least 4 members (excludes halogenated alkanes) is 3. The third kappa shape index (κ3) is 6.14. The molecule has 92 valence electrons. The fraction of sp³-hybridized carbons (Fsp3) is 0.571. The predicted molar refractivity (Wildman–Crippen MR) is 74.3 cm³/mol. The first kappa shape index (κ1) is 15.5. The van der Waals surface area contributed by atoms with E-state index in [0.717, 1.165) is 13.0 Å². The summed E-state index contributed by atoms with van der Waals surface area (Å²) < 4.78 is 0. The zero-order valence-electron chi connectivity index (χ0n) is 10.2. The first-order valence-corrected chi connectivity index (χ1v) is 6.14. The average molecular weight is 242 g/mol. The van der Waals surface area contributed by atoms with Gasteiger partial charge in [0.2, 0.25) is 0 Å². The highest BCUT2D eigenvalue weighted by atomic mass is 35.5. The molecule has 1 aromatic carbocycles. The van der Waals surface area contributed by atoms with Gasteiger partial charge in [0.25, 0.3) is 0 Å². The van der Waals surface area contributed by atoms with Gasteiger partial charge in [-0.2, -0.15) is 0 Å². The Labute approximate surface area is 106 Å². The topological polar surface area (TPSA) is 26.0 Å². The lowest BCUT2D eigenvalue weighted by atomic mass is 10.0. The second-order valence-electron chi connectivity index (χ2n) is 4.17. The zero-order valence-corrected chi connectivity index (χ0v) is 11.1. The standard InChI is InChI=1S/C14H23N.ClH/c1-2-3-4-5-6-13-7-9-14(10-8-13)11-12-15;/h7-10H,2-6,11-12,15H2,1H3;1H. The Hall–Kier alpha value is -0.530. The van der Waals surface area contributed by atoms with E-state index < -0.39 is 0 Å². The third-order valence-corrected chi connectivity index (χ3v) is 2.77. The Balaban J connectivity index is 0.00000225. The molecule has 0 aliphatic rings. The smallest absolute Gasteiger partial charge is 0.00367 e. The fourth-order valence-electron chi connectivity index (χ4n) is 1.80. The summed E-state index contributed by atoms with van der Waals surface area (Å²) in [5.41, 5.74) is 8.33. The van der Waals surface area contributed by atoms with E-state index in [1.54, 1.807) is 0 Å². The number of halogens is 1. The summed E-state index contributed by atoms with van der Waals surface area (Å²) in [6.45, 7) is 3.00. The van der Waals surface area contributed by atoms with Crippen molar-refractivity contribution in [3.05, 3.63) is 35.4 Å². The number of aryl methyl sites for hydroxylation is 1. The van der Waals surface area contributed by atoms with Gasteiger partial charge >= 0.3 is 0 Å². The maximum Gasteiger partial charge on any atom is -0.00367 e. The molecule has 0 fully saturated rings. The number of benzene rings is 1. The van der Waals surface area contributed by atoms with Crippen molar-refractivity contribution in [2.24, 2.45) is 5.73 Å². The largest absolute Gasteiger partial charge is 0.330 e. The van der Waals surface area contributed by atoms with Crippen molar-refractivity contribution in [3.8, 4) is 0 Å². The highest BCUT2D eigenvalue weighted by Crippen LogP contribution is 2.09. The van der Waals surface area contributed by atoms with Crippen molar-refractivity contribution in [1.29, 1.82) is 0 Å². The van der Waals surface area contributed by atoms with Gasteiger partial charge in [0, 0.05) is 0 Å². The van der Waals surface area contributed by atoms with E-state index in [2.05, 4.69) is 31.2 Å². The monoisotopic (exact) mass is 241 g/mol. The highest BCUT2D eigenvalue weighted by molar-refractivity contribution is 5.85. The van der Waals surface area contributed by atoms with Crippen LogP contribution >= 0.6 is 12.4 Å². The van der Waals surface area contributed by atoms with Gasteiger partial charge in [0.05, 0.1) is 0 Å². The van der Waals surface area contributed by atoms with Crippen molar-refractivity contribution in [2.45, 2.75) is 45.4 Å². The lowest BCUT2D eigenvalue weighted by Gasteiger charge is -2.03. The molecule has 1 rings (SSSR count). The minimum atomic E-state index is 0. The van der Waals surface area contributed by atoms with Gasteiger partial charge < -0.3 is 5.73 Å². The van der Waals surface area contributed by atoms with E-state index in [1.165, 1.54) is 43.2 Å². The maximum absolute atomic E-state index is 5.51. The molecule has 0 amide bonds. The van der Waals surface area contributed by atoms with Crippen molar-refractivity contribution in [1.82, 2.24) is 0 Å².